The molecule has 0 radical (unpaired) electrons. The van der Waals surface area contributed by atoms with Crippen molar-refractivity contribution in [2.24, 2.45) is 5.92 Å². The number of hydrogen-bond acceptors (Lipinski definition) is 4. The van der Waals surface area contributed by atoms with Crippen molar-refractivity contribution >= 4 is 17.9 Å². The van der Waals surface area contributed by atoms with Crippen LogP contribution in [0, 0.1) is 5.92 Å². The molecule has 0 aromatic heterocycles. The second kappa shape index (κ2) is 5.37. The van der Waals surface area contributed by atoms with Crippen LogP contribution in [0.5, 0.6) is 0 Å². The van der Waals surface area contributed by atoms with Gasteiger partial charge in [-0.2, -0.15) is 0 Å². The van der Waals surface area contributed by atoms with Crippen LogP contribution in [0.15, 0.2) is 24.3 Å². The average molecular weight is 316 g/mol. The van der Waals surface area contributed by atoms with E-state index in [9.17, 15) is 14.4 Å². The first kappa shape index (κ1) is 15.5. The molecule has 6 heteroatoms. The lowest BCUT2D eigenvalue weighted by molar-refractivity contribution is -0.00439. The topological polar surface area (TPSA) is 66.9 Å². The first-order valence-corrected chi connectivity index (χ1v) is 7.69. The third-order valence-electron chi connectivity index (χ3n) is 3.93. The Morgan fingerprint density at radius 1 is 1.13 bits per heavy atom. The summed E-state index contributed by atoms with van der Waals surface area (Å²) in [6, 6.07) is 6.84. The second-order valence-corrected chi connectivity index (χ2v) is 7.02. The Bertz CT molecular complexity index is 636. The number of nitrogens with zero attached hydrogens (tertiary/aromatic N) is 2. The molecule has 3 rings (SSSR count). The van der Waals surface area contributed by atoms with E-state index >= 15 is 0 Å². The number of imide groups is 1. The molecule has 2 aliphatic rings. The van der Waals surface area contributed by atoms with E-state index in [1.54, 1.807) is 29.2 Å². The maximum atomic E-state index is 12.3. The molecule has 1 saturated heterocycles. The summed E-state index contributed by atoms with van der Waals surface area (Å²) < 4.78 is 5.29. The molecule has 1 aromatic carbocycles. The van der Waals surface area contributed by atoms with Crippen LogP contribution in [0.25, 0.3) is 0 Å². The molecule has 0 unspecified atom stereocenters. The summed E-state index contributed by atoms with van der Waals surface area (Å²) in [5, 5.41) is 0. The van der Waals surface area contributed by atoms with Gasteiger partial charge in [-0.25, -0.2) is 4.79 Å². The van der Waals surface area contributed by atoms with Gasteiger partial charge in [-0.1, -0.05) is 12.1 Å². The molecule has 0 spiro atoms. The van der Waals surface area contributed by atoms with Crippen LogP contribution in [0.4, 0.5) is 4.79 Å². The third-order valence-corrected chi connectivity index (χ3v) is 3.93. The lowest BCUT2D eigenvalue weighted by Crippen LogP contribution is -2.55. The van der Waals surface area contributed by atoms with Crippen molar-refractivity contribution < 1.29 is 19.1 Å². The maximum absolute atomic E-state index is 12.3. The van der Waals surface area contributed by atoms with Gasteiger partial charge in [0.25, 0.3) is 11.8 Å². The van der Waals surface area contributed by atoms with Crippen LogP contribution in [-0.2, 0) is 4.74 Å². The lowest BCUT2D eigenvalue weighted by Gasteiger charge is -2.40. The molecule has 23 heavy (non-hydrogen) atoms. The highest BCUT2D eigenvalue weighted by molar-refractivity contribution is 6.21. The van der Waals surface area contributed by atoms with Gasteiger partial charge in [0.1, 0.15) is 5.60 Å². The zero-order valence-electron chi connectivity index (χ0n) is 13.5. The van der Waals surface area contributed by atoms with Gasteiger partial charge in [-0.15, -0.1) is 0 Å². The maximum Gasteiger partial charge on any atom is 0.410 e. The van der Waals surface area contributed by atoms with Crippen molar-refractivity contribution in [1.29, 1.82) is 0 Å². The fraction of sp³-hybridized carbons (Fsp3) is 0.471. The van der Waals surface area contributed by atoms with E-state index in [0.29, 0.717) is 30.8 Å². The summed E-state index contributed by atoms with van der Waals surface area (Å²) in [6.45, 7) is 6.80. The van der Waals surface area contributed by atoms with Crippen molar-refractivity contribution in [2.45, 2.75) is 26.4 Å². The zero-order chi connectivity index (χ0) is 16.8. The molecule has 0 saturated carbocycles. The Morgan fingerprint density at radius 2 is 1.65 bits per heavy atom. The van der Waals surface area contributed by atoms with E-state index < -0.39 is 5.60 Å². The number of likely N-dealkylation sites (tertiary alicyclic amines) is 1. The molecular formula is C17H20N2O4. The van der Waals surface area contributed by atoms with E-state index in [-0.39, 0.29) is 23.8 Å². The fourth-order valence-corrected chi connectivity index (χ4v) is 2.82. The first-order chi connectivity index (χ1) is 10.8. The number of carbonyl (C=O) groups is 3. The lowest BCUT2D eigenvalue weighted by atomic mass is 10.0. The summed E-state index contributed by atoms with van der Waals surface area (Å²) in [5.41, 5.74) is 0.395. The monoisotopic (exact) mass is 316 g/mol. The van der Waals surface area contributed by atoms with Crippen LogP contribution in [0.1, 0.15) is 41.5 Å². The Balaban J connectivity index is 1.56. The van der Waals surface area contributed by atoms with E-state index in [1.165, 1.54) is 4.90 Å². The summed E-state index contributed by atoms with van der Waals surface area (Å²) in [7, 11) is 0. The van der Waals surface area contributed by atoms with Gasteiger partial charge < -0.3 is 9.64 Å². The molecule has 122 valence electrons. The van der Waals surface area contributed by atoms with Crippen LogP contribution in [0.3, 0.4) is 0 Å². The van der Waals surface area contributed by atoms with Crippen LogP contribution >= 0.6 is 0 Å². The van der Waals surface area contributed by atoms with E-state index in [4.69, 9.17) is 4.74 Å². The Labute approximate surface area is 135 Å². The number of amides is 3. The molecule has 6 nitrogen and oxygen atoms in total. The van der Waals surface area contributed by atoms with Gasteiger partial charge in [-0.3, -0.25) is 14.5 Å². The van der Waals surface area contributed by atoms with Crippen molar-refractivity contribution in [3.63, 3.8) is 0 Å². The normalized spacial score (nSPS) is 18.0. The van der Waals surface area contributed by atoms with Crippen LogP contribution < -0.4 is 0 Å². The molecule has 0 atom stereocenters. The van der Waals surface area contributed by atoms with E-state index in [0.717, 1.165) is 0 Å². The Morgan fingerprint density at radius 3 is 2.13 bits per heavy atom. The third kappa shape index (κ3) is 2.93. The number of benzene rings is 1. The van der Waals surface area contributed by atoms with Gasteiger partial charge in [0.2, 0.25) is 0 Å². The van der Waals surface area contributed by atoms with Crippen LogP contribution in [-0.4, -0.2) is 52.9 Å². The van der Waals surface area contributed by atoms with Crippen molar-refractivity contribution in [2.75, 3.05) is 19.6 Å². The van der Waals surface area contributed by atoms with Crippen molar-refractivity contribution in [3.05, 3.63) is 35.4 Å². The number of fused-ring (bicyclic) bond motifs is 1. The van der Waals surface area contributed by atoms with Crippen molar-refractivity contribution in [1.82, 2.24) is 9.80 Å². The van der Waals surface area contributed by atoms with E-state index in [2.05, 4.69) is 0 Å². The van der Waals surface area contributed by atoms with Gasteiger partial charge in [0, 0.05) is 25.6 Å². The fourth-order valence-electron chi connectivity index (χ4n) is 2.82. The highest BCUT2D eigenvalue weighted by Crippen LogP contribution is 2.26. The summed E-state index contributed by atoms with van der Waals surface area (Å²) in [6.07, 6.45) is -0.351. The predicted octanol–water partition coefficient (Wildman–Crippen LogP) is 2.15. The molecule has 1 fully saturated rings. The standard InChI is InChI=1S/C17H20N2O4/c1-17(2,3)23-16(22)18-8-11(9-18)10-19-14(20)12-6-4-5-7-13(12)15(19)21/h4-7,11H,8-10H2,1-3H3. The highest BCUT2D eigenvalue weighted by Gasteiger charge is 2.40. The Kier molecular flexibility index (Phi) is 3.62. The van der Waals surface area contributed by atoms with Gasteiger partial charge in [0.15, 0.2) is 0 Å². The molecular weight excluding hydrogens is 296 g/mol. The SMILES string of the molecule is CC(C)(C)OC(=O)N1CC(CN2C(=O)c3ccccc3C2=O)C1. The largest absolute Gasteiger partial charge is 0.444 e. The molecule has 3 amide bonds. The molecule has 2 heterocycles. The number of carbonyl (C=O) groups excluding carboxylic acids is 3. The average Bonchev–Trinajstić information content (AvgIpc) is 2.65. The quantitative estimate of drug-likeness (QED) is 0.784. The van der Waals surface area contributed by atoms with Gasteiger partial charge in [-0.05, 0) is 32.9 Å². The minimum absolute atomic E-state index is 0.102. The molecule has 2 aliphatic heterocycles. The van der Waals surface area contributed by atoms with Gasteiger partial charge in [0.05, 0.1) is 11.1 Å². The van der Waals surface area contributed by atoms with Crippen LogP contribution in [0.2, 0.25) is 0 Å². The molecule has 0 bridgehead atoms. The Hall–Kier alpha value is -2.37. The first-order valence-electron chi connectivity index (χ1n) is 7.69. The second-order valence-electron chi connectivity index (χ2n) is 7.02. The number of rotatable bonds is 2. The molecule has 0 aliphatic carbocycles. The van der Waals surface area contributed by atoms with E-state index in [1.807, 2.05) is 20.8 Å². The summed E-state index contributed by atoms with van der Waals surface area (Å²) in [5.74, 6) is -0.396. The minimum Gasteiger partial charge on any atom is -0.444 e. The highest BCUT2D eigenvalue weighted by atomic mass is 16.6. The number of ether oxygens (including phenoxy) is 1. The predicted molar refractivity (Wildman–Crippen MR) is 83.1 cm³/mol. The summed E-state index contributed by atoms with van der Waals surface area (Å²) in [4.78, 5) is 39.3. The molecule has 0 N–H and O–H groups in total. The smallest absolute Gasteiger partial charge is 0.410 e. The summed E-state index contributed by atoms with van der Waals surface area (Å²) >= 11 is 0. The van der Waals surface area contributed by atoms with Gasteiger partial charge >= 0.3 is 6.09 Å². The minimum atomic E-state index is -0.523. The number of hydrogen-bond donors (Lipinski definition) is 0. The molecule has 1 aromatic rings. The zero-order valence-corrected chi connectivity index (χ0v) is 13.5. The van der Waals surface area contributed by atoms with Crippen molar-refractivity contribution in [3.8, 4) is 0 Å².